The molecule has 0 atom stereocenters. The molecule has 3 rings (SSSR count). The molecule has 0 unspecified atom stereocenters. The van der Waals surface area contributed by atoms with Gasteiger partial charge in [0.1, 0.15) is 17.7 Å². The number of hydrogen-bond donors (Lipinski definition) is 0. The second-order valence-corrected chi connectivity index (χ2v) is 5.28. The fourth-order valence-corrected chi connectivity index (χ4v) is 2.44. The Kier molecular flexibility index (Phi) is 3.79. The van der Waals surface area contributed by atoms with Gasteiger partial charge in [-0.05, 0) is 5.56 Å². The molecule has 22 heavy (non-hydrogen) atoms. The van der Waals surface area contributed by atoms with Gasteiger partial charge in [-0.15, -0.1) is 0 Å². The van der Waals surface area contributed by atoms with E-state index in [2.05, 4.69) is 0 Å². The van der Waals surface area contributed by atoms with E-state index in [9.17, 15) is 4.79 Å². The molecule has 0 amide bonds. The predicted octanol–water partition coefficient (Wildman–Crippen LogP) is 4.04. The summed E-state index contributed by atoms with van der Waals surface area (Å²) < 4.78 is 5.83. The highest BCUT2D eigenvalue weighted by molar-refractivity contribution is 5.81. The Morgan fingerprint density at radius 3 is 1.91 bits per heavy atom. The Bertz CT molecular complexity index is 821. The van der Waals surface area contributed by atoms with E-state index in [4.69, 9.17) is 4.42 Å². The second-order valence-electron chi connectivity index (χ2n) is 5.28. The van der Waals surface area contributed by atoms with Gasteiger partial charge in [-0.2, -0.15) is 0 Å². The lowest BCUT2D eigenvalue weighted by Crippen LogP contribution is -2.20. The van der Waals surface area contributed by atoms with Gasteiger partial charge < -0.3 is 9.32 Å². The van der Waals surface area contributed by atoms with Crippen molar-refractivity contribution >= 4 is 5.69 Å². The minimum Gasteiger partial charge on any atom is -0.461 e. The summed E-state index contributed by atoms with van der Waals surface area (Å²) in [4.78, 5) is 14.7. The molecule has 0 aliphatic carbocycles. The Labute approximate surface area is 129 Å². The van der Waals surface area contributed by atoms with Crippen molar-refractivity contribution in [2.75, 3.05) is 19.0 Å². The average molecular weight is 291 g/mol. The maximum Gasteiger partial charge on any atom is 0.216 e. The van der Waals surface area contributed by atoms with Crippen LogP contribution in [-0.2, 0) is 0 Å². The third-order valence-electron chi connectivity index (χ3n) is 3.56. The molecule has 110 valence electrons. The van der Waals surface area contributed by atoms with Crippen LogP contribution in [0.5, 0.6) is 0 Å². The molecule has 0 radical (unpaired) electrons. The molecule has 3 nitrogen and oxygen atoms in total. The van der Waals surface area contributed by atoms with Gasteiger partial charge in [0.05, 0.1) is 5.56 Å². The van der Waals surface area contributed by atoms with E-state index in [1.54, 1.807) is 4.90 Å². The van der Waals surface area contributed by atoms with Gasteiger partial charge >= 0.3 is 0 Å². The number of nitrogens with zero attached hydrogens (tertiary/aromatic N) is 1. The van der Waals surface area contributed by atoms with E-state index in [-0.39, 0.29) is 5.43 Å². The lowest BCUT2D eigenvalue weighted by molar-refractivity contribution is 0.566. The molecule has 0 saturated carbocycles. The van der Waals surface area contributed by atoms with Crippen molar-refractivity contribution < 1.29 is 4.42 Å². The maximum atomic E-state index is 12.9. The molecule has 0 saturated heterocycles. The Morgan fingerprint density at radius 1 is 0.818 bits per heavy atom. The van der Waals surface area contributed by atoms with Crippen LogP contribution in [0, 0.1) is 0 Å². The zero-order valence-electron chi connectivity index (χ0n) is 12.6. The molecule has 1 heterocycles. The van der Waals surface area contributed by atoms with Crippen molar-refractivity contribution in [1.82, 2.24) is 0 Å². The van der Waals surface area contributed by atoms with Crippen LogP contribution in [0.2, 0.25) is 0 Å². The lowest BCUT2D eigenvalue weighted by atomic mass is 10.00. The average Bonchev–Trinajstić information content (AvgIpc) is 2.55. The molecular formula is C19H17NO2. The number of anilines is 1. The summed E-state index contributed by atoms with van der Waals surface area (Å²) in [6, 6.07) is 19.3. The van der Waals surface area contributed by atoms with Crippen molar-refractivity contribution in [3.8, 4) is 22.5 Å². The summed E-state index contributed by atoms with van der Waals surface area (Å²) in [5.41, 5.74) is 2.86. The van der Waals surface area contributed by atoms with Gasteiger partial charge in [0.25, 0.3) is 0 Å². The number of benzene rings is 2. The molecule has 0 aliphatic heterocycles. The van der Waals surface area contributed by atoms with Crippen molar-refractivity contribution in [3.05, 3.63) is 77.2 Å². The van der Waals surface area contributed by atoms with Crippen molar-refractivity contribution in [2.24, 2.45) is 0 Å². The molecule has 2 aromatic carbocycles. The van der Waals surface area contributed by atoms with E-state index < -0.39 is 0 Å². The zero-order chi connectivity index (χ0) is 15.5. The standard InChI is InChI=1S/C19H17NO2/c1-20(2)16-13-22-19(15-11-7-4-8-12-15)17(18(16)21)14-9-5-3-6-10-14/h3-13H,1-2H3. The van der Waals surface area contributed by atoms with Crippen LogP contribution >= 0.6 is 0 Å². The van der Waals surface area contributed by atoms with Gasteiger partial charge in [-0.25, -0.2) is 0 Å². The van der Waals surface area contributed by atoms with E-state index in [0.29, 0.717) is 17.0 Å². The summed E-state index contributed by atoms with van der Waals surface area (Å²) in [5.74, 6) is 0.599. The maximum absolute atomic E-state index is 12.9. The van der Waals surface area contributed by atoms with Crippen LogP contribution in [-0.4, -0.2) is 14.1 Å². The lowest BCUT2D eigenvalue weighted by Gasteiger charge is -2.15. The zero-order valence-corrected chi connectivity index (χ0v) is 12.6. The molecule has 0 fully saturated rings. The Balaban J connectivity index is 2.32. The first kappa shape index (κ1) is 14.1. The van der Waals surface area contributed by atoms with Gasteiger partial charge in [-0.3, -0.25) is 4.79 Å². The van der Waals surface area contributed by atoms with Crippen LogP contribution in [0.4, 0.5) is 5.69 Å². The van der Waals surface area contributed by atoms with Crippen LogP contribution < -0.4 is 10.3 Å². The summed E-state index contributed by atoms with van der Waals surface area (Å²) in [6.07, 6.45) is 1.52. The SMILES string of the molecule is CN(C)c1coc(-c2ccccc2)c(-c2ccccc2)c1=O. The molecular weight excluding hydrogens is 274 g/mol. The quantitative estimate of drug-likeness (QED) is 0.730. The number of hydrogen-bond acceptors (Lipinski definition) is 3. The van der Waals surface area contributed by atoms with Crippen LogP contribution in [0.25, 0.3) is 22.5 Å². The van der Waals surface area contributed by atoms with Gasteiger partial charge in [0.15, 0.2) is 0 Å². The monoisotopic (exact) mass is 291 g/mol. The largest absolute Gasteiger partial charge is 0.461 e. The third-order valence-corrected chi connectivity index (χ3v) is 3.56. The van der Waals surface area contributed by atoms with Crippen LogP contribution in [0.3, 0.4) is 0 Å². The summed E-state index contributed by atoms with van der Waals surface area (Å²) >= 11 is 0. The minimum atomic E-state index is -0.0266. The first-order valence-electron chi connectivity index (χ1n) is 7.12. The van der Waals surface area contributed by atoms with E-state index in [1.165, 1.54) is 6.26 Å². The normalized spacial score (nSPS) is 10.5. The van der Waals surface area contributed by atoms with Crippen LogP contribution in [0.1, 0.15) is 0 Å². The van der Waals surface area contributed by atoms with Crippen molar-refractivity contribution in [3.63, 3.8) is 0 Å². The molecule has 3 aromatic rings. The van der Waals surface area contributed by atoms with Gasteiger partial charge in [0.2, 0.25) is 5.43 Å². The Morgan fingerprint density at radius 2 is 1.36 bits per heavy atom. The smallest absolute Gasteiger partial charge is 0.216 e. The molecule has 3 heteroatoms. The highest BCUT2D eigenvalue weighted by Crippen LogP contribution is 2.31. The topological polar surface area (TPSA) is 33.5 Å². The highest BCUT2D eigenvalue weighted by Gasteiger charge is 2.17. The summed E-state index contributed by atoms with van der Waals surface area (Å²) in [5, 5.41) is 0. The van der Waals surface area contributed by atoms with Crippen molar-refractivity contribution in [1.29, 1.82) is 0 Å². The molecule has 0 N–H and O–H groups in total. The highest BCUT2D eigenvalue weighted by atomic mass is 16.3. The minimum absolute atomic E-state index is 0.0266. The summed E-state index contributed by atoms with van der Waals surface area (Å²) in [6.45, 7) is 0. The predicted molar refractivity (Wildman–Crippen MR) is 90.2 cm³/mol. The molecule has 0 spiro atoms. The summed E-state index contributed by atoms with van der Waals surface area (Å²) in [7, 11) is 3.67. The molecule has 1 aromatic heterocycles. The molecule has 0 aliphatic rings. The van der Waals surface area contributed by atoms with E-state index >= 15 is 0 Å². The Hall–Kier alpha value is -2.81. The van der Waals surface area contributed by atoms with E-state index in [0.717, 1.165) is 11.1 Å². The first-order chi connectivity index (χ1) is 10.7. The van der Waals surface area contributed by atoms with Gasteiger partial charge in [-0.1, -0.05) is 60.7 Å². The van der Waals surface area contributed by atoms with Gasteiger partial charge in [0, 0.05) is 19.7 Å². The second kappa shape index (κ2) is 5.90. The van der Waals surface area contributed by atoms with Crippen molar-refractivity contribution in [2.45, 2.75) is 0 Å². The third kappa shape index (κ3) is 2.53. The first-order valence-corrected chi connectivity index (χ1v) is 7.12. The number of rotatable bonds is 3. The van der Waals surface area contributed by atoms with E-state index in [1.807, 2.05) is 74.8 Å². The fraction of sp³-hybridized carbons (Fsp3) is 0.105. The fourth-order valence-electron chi connectivity index (χ4n) is 2.44. The van der Waals surface area contributed by atoms with Crippen LogP contribution in [0.15, 0.2) is 76.1 Å². The molecule has 0 bridgehead atoms.